The van der Waals surface area contributed by atoms with E-state index in [1.165, 1.54) is 44.1 Å². The molecule has 0 spiro atoms. The van der Waals surface area contributed by atoms with Crippen LogP contribution >= 0.6 is 0 Å². The smallest absolute Gasteiger partial charge is 0.267 e. The summed E-state index contributed by atoms with van der Waals surface area (Å²) >= 11 is 0. The summed E-state index contributed by atoms with van der Waals surface area (Å²) in [6.07, 6.45) is 8.93. The maximum absolute atomic E-state index is 11.2. The Labute approximate surface area is 141 Å². The SMILES string of the molecule is CCCCCCCCc1ccc(OCCOS(=O)(=O)CC)cc1. The number of benzene rings is 1. The van der Waals surface area contributed by atoms with Crippen molar-refractivity contribution in [3.05, 3.63) is 29.8 Å². The molecule has 1 aromatic rings. The van der Waals surface area contributed by atoms with Crippen LogP contribution in [0.5, 0.6) is 5.75 Å². The molecule has 0 N–H and O–H groups in total. The molecule has 0 fully saturated rings. The van der Waals surface area contributed by atoms with Crippen LogP contribution in [-0.2, 0) is 20.7 Å². The van der Waals surface area contributed by atoms with E-state index in [-0.39, 0.29) is 19.0 Å². The van der Waals surface area contributed by atoms with Gasteiger partial charge in [-0.3, -0.25) is 4.18 Å². The van der Waals surface area contributed by atoms with Crippen molar-refractivity contribution >= 4 is 10.1 Å². The van der Waals surface area contributed by atoms with E-state index in [2.05, 4.69) is 19.1 Å². The average molecular weight is 343 g/mol. The molecule has 0 unspecified atom stereocenters. The molecule has 0 aliphatic heterocycles. The van der Waals surface area contributed by atoms with Crippen LogP contribution in [0.25, 0.3) is 0 Å². The molecule has 0 radical (unpaired) electrons. The van der Waals surface area contributed by atoms with Gasteiger partial charge in [-0.2, -0.15) is 8.42 Å². The van der Waals surface area contributed by atoms with Crippen molar-refractivity contribution < 1.29 is 17.3 Å². The highest BCUT2D eigenvalue weighted by Crippen LogP contribution is 2.15. The van der Waals surface area contributed by atoms with Crippen molar-refractivity contribution in [2.24, 2.45) is 0 Å². The first-order valence-corrected chi connectivity index (χ1v) is 10.2. The number of hydrogen-bond acceptors (Lipinski definition) is 4. The summed E-state index contributed by atoms with van der Waals surface area (Å²) in [5.41, 5.74) is 1.32. The number of ether oxygens (including phenoxy) is 1. The minimum Gasteiger partial charge on any atom is -0.491 e. The zero-order valence-corrected chi connectivity index (χ0v) is 15.2. The van der Waals surface area contributed by atoms with Gasteiger partial charge in [0.1, 0.15) is 19.0 Å². The van der Waals surface area contributed by atoms with E-state index in [9.17, 15) is 8.42 Å². The van der Waals surface area contributed by atoms with Gasteiger partial charge in [-0.15, -0.1) is 0 Å². The molecule has 0 bridgehead atoms. The summed E-state index contributed by atoms with van der Waals surface area (Å²) in [6.45, 7) is 4.07. The molecule has 1 rings (SSSR count). The van der Waals surface area contributed by atoms with Gasteiger partial charge in [0.2, 0.25) is 0 Å². The summed E-state index contributed by atoms with van der Waals surface area (Å²) in [6, 6.07) is 8.01. The Morgan fingerprint density at radius 3 is 2.17 bits per heavy atom. The first-order chi connectivity index (χ1) is 11.1. The summed E-state index contributed by atoms with van der Waals surface area (Å²) < 4.78 is 32.6. The van der Waals surface area contributed by atoms with E-state index in [0.717, 1.165) is 12.2 Å². The lowest BCUT2D eigenvalue weighted by Crippen LogP contribution is -2.14. The molecule has 0 amide bonds. The fraction of sp³-hybridized carbons (Fsp3) is 0.667. The molecule has 0 atom stereocenters. The third-order valence-corrected chi connectivity index (χ3v) is 4.94. The van der Waals surface area contributed by atoms with Gasteiger partial charge in [0.25, 0.3) is 10.1 Å². The summed E-state index contributed by atoms with van der Waals surface area (Å²) in [4.78, 5) is 0. The predicted octanol–water partition coefficient (Wildman–Crippen LogP) is 4.33. The number of rotatable bonds is 13. The average Bonchev–Trinajstić information content (AvgIpc) is 2.56. The van der Waals surface area contributed by atoms with Gasteiger partial charge in [-0.05, 0) is 37.5 Å². The van der Waals surface area contributed by atoms with E-state index < -0.39 is 10.1 Å². The highest BCUT2D eigenvalue weighted by atomic mass is 32.2. The predicted molar refractivity (Wildman–Crippen MR) is 94.4 cm³/mol. The lowest BCUT2D eigenvalue weighted by molar-refractivity contribution is 0.221. The first kappa shape index (κ1) is 20.0. The van der Waals surface area contributed by atoms with Gasteiger partial charge in [-0.1, -0.05) is 51.2 Å². The third kappa shape index (κ3) is 9.61. The van der Waals surface area contributed by atoms with Gasteiger partial charge in [0, 0.05) is 0 Å². The lowest BCUT2D eigenvalue weighted by Gasteiger charge is -2.08. The Bertz CT molecular complexity index is 508. The first-order valence-electron chi connectivity index (χ1n) is 8.66. The molecule has 1 aromatic carbocycles. The fourth-order valence-electron chi connectivity index (χ4n) is 2.27. The van der Waals surface area contributed by atoms with Crippen molar-refractivity contribution in [2.75, 3.05) is 19.0 Å². The van der Waals surface area contributed by atoms with E-state index >= 15 is 0 Å². The fourth-order valence-corrected chi connectivity index (χ4v) is 2.75. The summed E-state index contributed by atoms with van der Waals surface area (Å²) in [7, 11) is -3.38. The zero-order chi connectivity index (χ0) is 17.0. The molecule has 23 heavy (non-hydrogen) atoms. The highest BCUT2D eigenvalue weighted by Gasteiger charge is 2.06. The topological polar surface area (TPSA) is 52.6 Å². The highest BCUT2D eigenvalue weighted by molar-refractivity contribution is 7.86. The Hall–Kier alpha value is -1.07. The molecule has 5 heteroatoms. The van der Waals surface area contributed by atoms with Gasteiger partial charge < -0.3 is 4.74 Å². The molecule has 0 aliphatic carbocycles. The number of aryl methyl sites for hydroxylation is 1. The third-order valence-electron chi connectivity index (χ3n) is 3.71. The molecular weight excluding hydrogens is 312 g/mol. The van der Waals surface area contributed by atoms with Crippen molar-refractivity contribution in [1.82, 2.24) is 0 Å². The normalized spacial score (nSPS) is 11.6. The zero-order valence-electron chi connectivity index (χ0n) is 14.4. The van der Waals surface area contributed by atoms with Crippen LogP contribution in [0.3, 0.4) is 0 Å². The van der Waals surface area contributed by atoms with Crippen molar-refractivity contribution in [3.63, 3.8) is 0 Å². The molecule has 0 saturated carbocycles. The van der Waals surface area contributed by atoms with Gasteiger partial charge in [0.15, 0.2) is 0 Å². The largest absolute Gasteiger partial charge is 0.491 e. The van der Waals surface area contributed by atoms with Crippen LogP contribution in [0.4, 0.5) is 0 Å². The minimum atomic E-state index is -3.38. The van der Waals surface area contributed by atoms with E-state index in [0.29, 0.717) is 0 Å². The second-order valence-electron chi connectivity index (χ2n) is 5.68. The summed E-state index contributed by atoms with van der Waals surface area (Å²) in [5, 5.41) is 0. The Morgan fingerprint density at radius 1 is 0.870 bits per heavy atom. The standard InChI is InChI=1S/C18H30O4S/c1-3-5-6-7-8-9-10-17-11-13-18(14-12-17)21-15-16-22-23(19,20)4-2/h11-14H,3-10,15-16H2,1-2H3. The molecule has 0 aliphatic rings. The quantitative estimate of drug-likeness (QED) is 0.395. The molecular formula is C18H30O4S. The summed E-state index contributed by atoms with van der Waals surface area (Å²) in [5.74, 6) is 0.731. The van der Waals surface area contributed by atoms with Gasteiger partial charge in [-0.25, -0.2) is 0 Å². The number of hydrogen-bond donors (Lipinski definition) is 0. The van der Waals surface area contributed by atoms with Gasteiger partial charge in [0.05, 0.1) is 5.75 Å². The molecule has 132 valence electrons. The lowest BCUT2D eigenvalue weighted by atomic mass is 10.0. The van der Waals surface area contributed by atoms with Crippen molar-refractivity contribution in [2.45, 2.75) is 58.8 Å². The number of unbranched alkanes of at least 4 members (excludes halogenated alkanes) is 5. The second kappa shape index (κ2) is 11.5. The maximum Gasteiger partial charge on any atom is 0.267 e. The molecule has 0 heterocycles. The Balaban J connectivity index is 2.18. The van der Waals surface area contributed by atoms with Crippen LogP contribution in [-0.4, -0.2) is 27.4 Å². The van der Waals surface area contributed by atoms with Crippen LogP contribution in [0.1, 0.15) is 57.9 Å². The van der Waals surface area contributed by atoms with Crippen LogP contribution in [0, 0.1) is 0 Å². The van der Waals surface area contributed by atoms with Gasteiger partial charge >= 0.3 is 0 Å². The Morgan fingerprint density at radius 2 is 1.52 bits per heavy atom. The van der Waals surface area contributed by atoms with E-state index in [1.807, 2.05) is 12.1 Å². The molecule has 0 aromatic heterocycles. The monoisotopic (exact) mass is 342 g/mol. The Kier molecular flexibility index (Phi) is 9.96. The van der Waals surface area contributed by atoms with Crippen molar-refractivity contribution in [3.8, 4) is 5.75 Å². The molecule has 4 nitrogen and oxygen atoms in total. The van der Waals surface area contributed by atoms with Crippen LogP contribution < -0.4 is 4.74 Å². The van der Waals surface area contributed by atoms with E-state index in [1.54, 1.807) is 6.92 Å². The van der Waals surface area contributed by atoms with Crippen molar-refractivity contribution in [1.29, 1.82) is 0 Å². The molecule has 0 saturated heterocycles. The second-order valence-corrected chi connectivity index (χ2v) is 7.61. The van der Waals surface area contributed by atoms with Crippen LogP contribution in [0.2, 0.25) is 0 Å². The maximum atomic E-state index is 11.2. The van der Waals surface area contributed by atoms with E-state index in [4.69, 9.17) is 8.92 Å². The minimum absolute atomic E-state index is 0.0137. The van der Waals surface area contributed by atoms with Crippen LogP contribution in [0.15, 0.2) is 24.3 Å².